The molecule has 0 unspecified atom stereocenters. The summed E-state index contributed by atoms with van der Waals surface area (Å²) in [6.45, 7) is 1.92. The SMILES string of the molecule is NCc1ccc(N2CCc3ccccc3C2)c(F)c1Br. The van der Waals surface area contributed by atoms with E-state index in [2.05, 4.69) is 39.0 Å². The monoisotopic (exact) mass is 334 g/mol. The molecule has 1 aliphatic heterocycles. The predicted octanol–water partition coefficient (Wildman–Crippen LogP) is 3.61. The lowest BCUT2D eigenvalue weighted by Crippen LogP contribution is -2.31. The van der Waals surface area contributed by atoms with Crippen LogP contribution in [0.25, 0.3) is 0 Å². The molecule has 0 saturated heterocycles. The average molecular weight is 335 g/mol. The molecule has 20 heavy (non-hydrogen) atoms. The summed E-state index contributed by atoms with van der Waals surface area (Å²) in [6, 6.07) is 12.1. The number of hydrogen-bond acceptors (Lipinski definition) is 2. The van der Waals surface area contributed by atoms with E-state index < -0.39 is 0 Å². The molecule has 2 N–H and O–H groups in total. The van der Waals surface area contributed by atoms with Crippen molar-refractivity contribution in [1.82, 2.24) is 0 Å². The van der Waals surface area contributed by atoms with Crippen molar-refractivity contribution in [2.24, 2.45) is 5.73 Å². The van der Waals surface area contributed by atoms with Crippen LogP contribution in [0.2, 0.25) is 0 Å². The molecular weight excluding hydrogens is 319 g/mol. The van der Waals surface area contributed by atoms with E-state index in [1.54, 1.807) is 0 Å². The van der Waals surface area contributed by atoms with Gasteiger partial charge in [-0.2, -0.15) is 0 Å². The van der Waals surface area contributed by atoms with E-state index in [9.17, 15) is 4.39 Å². The summed E-state index contributed by atoms with van der Waals surface area (Å²) in [5.41, 5.74) is 9.68. The van der Waals surface area contributed by atoms with Crippen LogP contribution in [0.1, 0.15) is 16.7 Å². The number of anilines is 1. The Morgan fingerprint density at radius 1 is 1.15 bits per heavy atom. The first-order chi connectivity index (χ1) is 9.70. The van der Waals surface area contributed by atoms with E-state index >= 15 is 0 Å². The Hall–Kier alpha value is -1.39. The van der Waals surface area contributed by atoms with E-state index in [4.69, 9.17) is 5.73 Å². The predicted molar refractivity (Wildman–Crippen MR) is 83.2 cm³/mol. The number of nitrogens with two attached hydrogens (primary N) is 1. The highest BCUT2D eigenvalue weighted by atomic mass is 79.9. The van der Waals surface area contributed by atoms with Crippen molar-refractivity contribution >= 4 is 21.6 Å². The van der Waals surface area contributed by atoms with Gasteiger partial charge in [-0.25, -0.2) is 4.39 Å². The van der Waals surface area contributed by atoms with E-state index in [0.29, 0.717) is 16.7 Å². The van der Waals surface area contributed by atoms with Gasteiger partial charge in [0.2, 0.25) is 0 Å². The lowest BCUT2D eigenvalue weighted by Gasteiger charge is -2.31. The molecule has 0 aromatic heterocycles. The molecule has 1 heterocycles. The molecule has 2 aromatic carbocycles. The third-order valence-corrected chi connectivity index (χ3v) is 4.69. The quantitative estimate of drug-likeness (QED) is 0.908. The summed E-state index contributed by atoms with van der Waals surface area (Å²) in [5.74, 6) is -0.215. The number of benzene rings is 2. The molecule has 104 valence electrons. The molecule has 0 bridgehead atoms. The lowest BCUT2D eigenvalue weighted by molar-refractivity contribution is 0.602. The van der Waals surface area contributed by atoms with Gasteiger partial charge in [0.05, 0.1) is 10.2 Å². The van der Waals surface area contributed by atoms with Crippen LogP contribution >= 0.6 is 15.9 Å². The molecule has 0 radical (unpaired) electrons. The maximum atomic E-state index is 14.5. The summed E-state index contributed by atoms with van der Waals surface area (Å²) < 4.78 is 14.9. The van der Waals surface area contributed by atoms with Crippen molar-refractivity contribution in [3.63, 3.8) is 0 Å². The first-order valence-corrected chi connectivity index (χ1v) is 7.48. The molecular formula is C16H16BrFN2. The third kappa shape index (κ3) is 2.34. The van der Waals surface area contributed by atoms with Crippen LogP contribution in [0.3, 0.4) is 0 Å². The number of hydrogen-bond donors (Lipinski definition) is 1. The summed E-state index contributed by atoms with van der Waals surface area (Å²) >= 11 is 3.31. The van der Waals surface area contributed by atoms with Crippen LogP contribution in [-0.4, -0.2) is 6.54 Å². The Bertz CT molecular complexity index is 642. The highest BCUT2D eigenvalue weighted by Crippen LogP contribution is 2.32. The molecule has 0 fully saturated rings. The molecule has 2 aromatic rings. The Kier molecular flexibility index (Phi) is 3.76. The van der Waals surface area contributed by atoms with Crippen molar-refractivity contribution in [2.45, 2.75) is 19.5 Å². The average Bonchev–Trinajstić information content (AvgIpc) is 2.49. The molecule has 3 rings (SSSR count). The fourth-order valence-corrected chi connectivity index (χ4v) is 3.18. The van der Waals surface area contributed by atoms with Crippen LogP contribution in [0.15, 0.2) is 40.9 Å². The first-order valence-electron chi connectivity index (χ1n) is 6.69. The van der Waals surface area contributed by atoms with Gasteiger partial charge in [0.25, 0.3) is 0 Å². The molecule has 4 heteroatoms. The van der Waals surface area contributed by atoms with Crippen LogP contribution < -0.4 is 10.6 Å². The Morgan fingerprint density at radius 3 is 2.65 bits per heavy atom. The largest absolute Gasteiger partial charge is 0.364 e. The maximum Gasteiger partial charge on any atom is 0.160 e. The Balaban J connectivity index is 1.94. The van der Waals surface area contributed by atoms with Crippen molar-refractivity contribution < 1.29 is 4.39 Å². The molecule has 0 spiro atoms. The highest BCUT2D eigenvalue weighted by molar-refractivity contribution is 9.10. The fourth-order valence-electron chi connectivity index (χ4n) is 2.68. The van der Waals surface area contributed by atoms with Gasteiger partial charge in [-0.05, 0) is 45.1 Å². The summed E-state index contributed by atoms with van der Waals surface area (Å²) in [7, 11) is 0. The van der Waals surface area contributed by atoms with E-state index in [-0.39, 0.29) is 5.82 Å². The van der Waals surface area contributed by atoms with Crippen molar-refractivity contribution in [3.05, 3.63) is 63.4 Å². The zero-order valence-electron chi connectivity index (χ0n) is 11.1. The van der Waals surface area contributed by atoms with Crippen LogP contribution in [0.4, 0.5) is 10.1 Å². The number of fused-ring (bicyclic) bond motifs is 1. The molecule has 1 aliphatic rings. The van der Waals surface area contributed by atoms with Gasteiger partial charge in [0, 0.05) is 19.6 Å². The summed E-state index contributed by atoms with van der Waals surface area (Å²) in [5, 5.41) is 0. The molecule has 0 atom stereocenters. The van der Waals surface area contributed by atoms with Crippen LogP contribution in [-0.2, 0) is 19.5 Å². The second-order valence-electron chi connectivity index (χ2n) is 5.02. The smallest absolute Gasteiger partial charge is 0.160 e. The van der Waals surface area contributed by atoms with Gasteiger partial charge in [0.1, 0.15) is 0 Å². The standard InChI is InChI=1S/C16H16BrFN2/c17-15-12(9-19)5-6-14(16(15)18)20-8-7-11-3-1-2-4-13(11)10-20/h1-6H,7-10,19H2. The van der Waals surface area contributed by atoms with Crippen molar-refractivity contribution in [2.75, 3.05) is 11.4 Å². The maximum absolute atomic E-state index is 14.5. The molecule has 0 amide bonds. The van der Waals surface area contributed by atoms with E-state index in [1.807, 2.05) is 18.2 Å². The zero-order chi connectivity index (χ0) is 14.1. The second kappa shape index (κ2) is 5.54. The minimum atomic E-state index is -0.215. The minimum absolute atomic E-state index is 0.215. The Labute approximate surface area is 126 Å². The van der Waals surface area contributed by atoms with Gasteiger partial charge >= 0.3 is 0 Å². The molecule has 2 nitrogen and oxygen atoms in total. The topological polar surface area (TPSA) is 29.3 Å². The fraction of sp³-hybridized carbons (Fsp3) is 0.250. The van der Waals surface area contributed by atoms with E-state index in [1.165, 1.54) is 11.1 Å². The third-order valence-electron chi connectivity index (χ3n) is 3.83. The normalized spacial score (nSPS) is 14.2. The van der Waals surface area contributed by atoms with Gasteiger partial charge in [-0.1, -0.05) is 30.3 Å². The minimum Gasteiger partial charge on any atom is -0.364 e. The highest BCUT2D eigenvalue weighted by Gasteiger charge is 2.20. The second-order valence-corrected chi connectivity index (χ2v) is 5.81. The first kappa shape index (κ1) is 13.6. The van der Waals surface area contributed by atoms with Crippen molar-refractivity contribution in [1.29, 1.82) is 0 Å². The summed E-state index contributed by atoms with van der Waals surface area (Å²) in [4.78, 5) is 2.09. The zero-order valence-corrected chi connectivity index (χ0v) is 12.7. The van der Waals surface area contributed by atoms with Gasteiger partial charge in [-0.15, -0.1) is 0 Å². The number of rotatable bonds is 2. The molecule has 0 aliphatic carbocycles. The number of nitrogens with zero attached hydrogens (tertiary/aromatic N) is 1. The van der Waals surface area contributed by atoms with E-state index in [0.717, 1.165) is 25.1 Å². The van der Waals surface area contributed by atoms with Gasteiger partial charge in [0.15, 0.2) is 5.82 Å². The molecule has 0 saturated carbocycles. The van der Waals surface area contributed by atoms with Crippen LogP contribution in [0, 0.1) is 5.82 Å². The van der Waals surface area contributed by atoms with Gasteiger partial charge < -0.3 is 10.6 Å². The summed E-state index contributed by atoms with van der Waals surface area (Å²) in [6.07, 6.45) is 0.950. The lowest BCUT2D eigenvalue weighted by atomic mass is 9.99. The number of halogens is 2. The van der Waals surface area contributed by atoms with Crippen molar-refractivity contribution in [3.8, 4) is 0 Å². The van der Waals surface area contributed by atoms with Crippen LogP contribution in [0.5, 0.6) is 0 Å². The Morgan fingerprint density at radius 2 is 1.90 bits per heavy atom. The van der Waals surface area contributed by atoms with Gasteiger partial charge in [-0.3, -0.25) is 0 Å².